The van der Waals surface area contributed by atoms with Crippen molar-refractivity contribution < 1.29 is 14.3 Å². The molecular weight excluding hydrogens is 260 g/mol. The summed E-state index contributed by atoms with van der Waals surface area (Å²) in [6.07, 6.45) is 0. The van der Waals surface area contributed by atoms with Gasteiger partial charge in [-0.15, -0.1) is 0 Å². The van der Waals surface area contributed by atoms with Gasteiger partial charge >= 0.3 is 6.03 Å². The Morgan fingerprint density at radius 3 is 2.25 bits per heavy atom. The quantitative estimate of drug-likeness (QED) is 0.710. The molecule has 2 unspecified atom stereocenters. The van der Waals surface area contributed by atoms with Crippen LogP contribution in [0, 0.1) is 5.92 Å². The van der Waals surface area contributed by atoms with Crippen LogP contribution in [0.15, 0.2) is 0 Å². The Bertz CT molecular complexity index is 367. The Morgan fingerprint density at radius 1 is 1.10 bits per heavy atom. The average Bonchev–Trinajstić information content (AvgIpc) is 2.94. The van der Waals surface area contributed by atoms with Crippen LogP contribution >= 0.6 is 0 Å². The van der Waals surface area contributed by atoms with Crippen LogP contribution < -0.4 is 5.32 Å². The van der Waals surface area contributed by atoms with E-state index >= 15 is 0 Å². The summed E-state index contributed by atoms with van der Waals surface area (Å²) in [4.78, 5) is 29.5. The second-order valence-corrected chi connectivity index (χ2v) is 5.53. The number of carbonyl (C=O) groups is 2. The molecule has 0 aromatic carbocycles. The second-order valence-electron chi connectivity index (χ2n) is 5.53. The lowest BCUT2D eigenvalue weighted by atomic mass is 10.0. The van der Waals surface area contributed by atoms with Gasteiger partial charge in [-0.2, -0.15) is 0 Å². The predicted octanol–water partition coefficient (Wildman–Crippen LogP) is -0.953. The fraction of sp³-hybridized carbons (Fsp3) is 0.846. The van der Waals surface area contributed by atoms with Gasteiger partial charge in [-0.1, -0.05) is 0 Å². The molecular formula is C13H24N4O3. The predicted molar refractivity (Wildman–Crippen MR) is 74.4 cm³/mol. The first-order chi connectivity index (χ1) is 9.54. The van der Waals surface area contributed by atoms with Crippen LogP contribution in [0.4, 0.5) is 4.79 Å². The van der Waals surface area contributed by atoms with Gasteiger partial charge in [-0.3, -0.25) is 4.79 Å². The Labute approximate surface area is 119 Å². The van der Waals surface area contributed by atoms with Crippen molar-refractivity contribution in [3.05, 3.63) is 0 Å². The monoisotopic (exact) mass is 284 g/mol. The van der Waals surface area contributed by atoms with E-state index in [0.717, 1.165) is 0 Å². The molecule has 3 amide bonds. The lowest BCUT2D eigenvalue weighted by Gasteiger charge is -2.37. The molecule has 0 spiro atoms. The third kappa shape index (κ3) is 3.04. The molecule has 114 valence electrons. The Morgan fingerprint density at radius 2 is 1.70 bits per heavy atom. The van der Waals surface area contributed by atoms with Crippen LogP contribution in [0.2, 0.25) is 0 Å². The largest absolute Gasteiger partial charge is 0.379 e. The summed E-state index contributed by atoms with van der Waals surface area (Å²) in [5.41, 5.74) is 0. The summed E-state index contributed by atoms with van der Waals surface area (Å²) in [7, 11) is 5.34. The number of rotatable bonds is 2. The molecule has 2 saturated heterocycles. The van der Waals surface area contributed by atoms with Crippen LogP contribution in [0.1, 0.15) is 0 Å². The van der Waals surface area contributed by atoms with Crippen LogP contribution in [-0.2, 0) is 9.53 Å². The van der Waals surface area contributed by atoms with Crippen molar-refractivity contribution in [2.24, 2.45) is 5.92 Å². The molecule has 2 rings (SSSR count). The Kier molecular flexibility index (Phi) is 4.82. The molecule has 2 atom stereocenters. The lowest BCUT2D eigenvalue weighted by Crippen LogP contribution is -2.55. The van der Waals surface area contributed by atoms with Gasteiger partial charge in [0, 0.05) is 46.3 Å². The molecule has 0 saturated carbocycles. The molecule has 0 radical (unpaired) electrons. The topological polar surface area (TPSA) is 65.1 Å². The molecule has 0 aromatic rings. The summed E-state index contributed by atoms with van der Waals surface area (Å²) in [5.74, 6) is 0.0369. The third-order valence-electron chi connectivity index (χ3n) is 4.01. The van der Waals surface area contributed by atoms with Gasteiger partial charge in [-0.05, 0) is 7.05 Å². The minimum absolute atomic E-state index is 0.00870. The van der Waals surface area contributed by atoms with Crippen LogP contribution in [0.5, 0.6) is 0 Å². The number of piperazine rings is 1. The van der Waals surface area contributed by atoms with Crippen molar-refractivity contribution >= 4 is 11.9 Å². The van der Waals surface area contributed by atoms with Crippen molar-refractivity contribution in [3.63, 3.8) is 0 Å². The van der Waals surface area contributed by atoms with Gasteiger partial charge in [0.2, 0.25) is 5.91 Å². The molecule has 0 bridgehead atoms. The van der Waals surface area contributed by atoms with Crippen LogP contribution in [-0.4, -0.2) is 93.2 Å². The number of nitrogens with one attached hydrogen (secondary N) is 1. The summed E-state index contributed by atoms with van der Waals surface area (Å²) < 4.78 is 5.38. The fourth-order valence-electron chi connectivity index (χ4n) is 2.72. The molecule has 2 fully saturated rings. The van der Waals surface area contributed by atoms with Crippen molar-refractivity contribution in [3.8, 4) is 0 Å². The first-order valence-electron chi connectivity index (χ1n) is 7.04. The maximum Gasteiger partial charge on any atom is 0.319 e. The standard InChI is InChI=1S/C13H24N4O3/c1-14-11-9-20-8-10(11)12(18)16-4-6-17(7-5-16)13(19)15(2)3/h10-11,14H,4-9H2,1-3H3. The van der Waals surface area contributed by atoms with E-state index in [9.17, 15) is 9.59 Å². The van der Waals surface area contributed by atoms with E-state index in [1.807, 2.05) is 11.9 Å². The highest BCUT2D eigenvalue weighted by Gasteiger charge is 2.37. The molecule has 2 aliphatic heterocycles. The van der Waals surface area contributed by atoms with E-state index in [2.05, 4.69) is 5.32 Å². The zero-order valence-corrected chi connectivity index (χ0v) is 12.5. The highest BCUT2D eigenvalue weighted by Crippen LogP contribution is 2.17. The lowest BCUT2D eigenvalue weighted by molar-refractivity contribution is -0.137. The first-order valence-corrected chi connectivity index (χ1v) is 7.04. The van der Waals surface area contributed by atoms with Crippen molar-refractivity contribution in [2.75, 3.05) is 60.5 Å². The molecule has 2 heterocycles. The molecule has 0 aromatic heterocycles. The van der Waals surface area contributed by atoms with Gasteiger partial charge in [0.05, 0.1) is 19.1 Å². The number of nitrogens with zero attached hydrogens (tertiary/aromatic N) is 3. The van der Waals surface area contributed by atoms with Gasteiger partial charge in [0.15, 0.2) is 0 Å². The van der Waals surface area contributed by atoms with E-state index in [1.165, 1.54) is 0 Å². The highest BCUT2D eigenvalue weighted by atomic mass is 16.5. The van der Waals surface area contributed by atoms with Crippen molar-refractivity contribution in [1.82, 2.24) is 20.0 Å². The maximum atomic E-state index is 12.5. The molecule has 20 heavy (non-hydrogen) atoms. The van der Waals surface area contributed by atoms with E-state index in [0.29, 0.717) is 39.4 Å². The third-order valence-corrected chi connectivity index (χ3v) is 4.01. The average molecular weight is 284 g/mol. The van der Waals surface area contributed by atoms with E-state index in [1.54, 1.807) is 23.9 Å². The summed E-state index contributed by atoms with van der Waals surface area (Å²) in [5, 5.41) is 3.13. The highest BCUT2D eigenvalue weighted by molar-refractivity contribution is 5.80. The van der Waals surface area contributed by atoms with Crippen LogP contribution in [0.3, 0.4) is 0 Å². The molecule has 1 N–H and O–H groups in total. The summed E-state index contributed by atoms with van der Waals surface area (Å²) >= 11 is 0. The van der Waals surface area contributed by atoms with E-state index < -0.39 is 0 Å². The Hall–Kier alpha value is -1.34. The molecule has 2 aliphatic rings. The van der Waals surface area contributed by atoms with Gasteiger partial charge in [0.25, 0.3) is 0 Å². The summed E-state index contributed by atoms with van der Waals surface area (Å²) in [6.45, 7) is 3.48. The number of amides is 3. The number of hydrogen-bond donors (Lipinski definition) is 1. The maximum absolute atomic E-state index is 12.5. The van der Waals surface area contributed by atoms with Crippen molar-refractivity contribution in [1.29, 1.82) is 0 Å². The smallest absolute Gasteiger partial charge is 0.319 e. The summed E-state index contributed by atoms with van der Waals surface area (Å²) in [6, 6.07) is 0.110. The number of ether oxygens (including phenoxy) is 1. The minimum Gasteiger partial charge on any atom is -0.379 e. The number of hydrogen-bond acceptors (Lipinski definition) is 4. The number of urea groups is 1. The second kappa shape index (κ2) is 6.41. The van der Waals surface area contributed by atoms with E-state index in [4.69, 9.17) is 4.74 Å². The van der Waals surface area contributed by atoms with Crippen molar-refractivity contribution in [2.45, 2.75) is 6.04 Å². The molecule has 7 nitrogen and oxygen atoms in total. The molecule has 7 heteroatoms. The number of carbonyl (C=O) groups excluding carboxylic acids is 2. The molecule has 0 aliphatic carbocycles. The zero-order chi connectivity index (χ0) is 14.7. The number of likely N-dealkylation sites (N-methyl/N-ethyl adjacent to an activating group) is 1. The van der Waals surface area contributed by atoms with Crippen LogP contribution in [0.25, 0.3) is 0 Å². The fourth-order valence-corrected chi connectivity index (χ4v) is 2.72. The van der Waals surface area contributed by atoms with E-state index in [-0.39, 0.29) is 23.9 Å². The van der Waals surface area contributed by atoms with Gasteiger partial charge in [-0.25, -0.2) is 4.79 Å². The zero-order valence-electron chi connectivity index (χ0n) is 12.5. The minimum atomic E-state index is -0.101. The Balaban J connectivity index is 1.87. The SMILES string of the molecule is CNC1COCC1C(=O)N1CCN(C(=O)N(C)C)CC1. The van der Waals surface area contributed by atoms with Gasteiger partial charge in [0.1, 0.15) is 0 Å². The van der Waals surface area contributed by atoms with Gasteiger partial charge < -0.3 is 24.8 Å². The normalized spacial score (nSPS) is 26.8. The first kappa shape index (κ1) is 15.1.